The average molecular weight is 264 g/mol. The summed E-state index contributed by atoms with van der Waals surface area (Å²) in [5.41, 5.74) is 1.24. The minimum absolute atomic E-state index is 0.522. The molecule has 20 heavy (non-hydrogen) atoms. The van der Waals surface area contributed by atoms with Crippen molar-refractivity contribution in [2.45, 2.75) is 25.8 Å². The van der Waals surface area contributed by atoms with Gasteiger partial charge in [0.15, 0.2) is 0 Å². The first-order valence-corrected chi connectivity index (χ1v) is 7.59. The zero-order chi connectivity index (χ0) is 13.5. The summed E-state index contributed by atoms with van der Waals surface area (Å²) in [7, 11) is 0. The minimum Gasteiger partial charge on any atom is -0.382 e. The molecule has 1 N–H and O–H groups in total. The van der Waals surface area contributed by atoms with Gasteiger partial charge in [-0.2, -0.15) is 0 Å². The lowest BCUT2D eigenvalue weighted by atomic mass is 9.87. The molecule has 2 aromatic rings. The topological polar surface area (TPSA) is 24.9 Å². The summed E-state index contributed by atoms with van der Waals surface area (Å²) in [4.78, 5) is 4.20. The quantitative estimate of drug-likeness (QED) is 0.838. The molecule has 2 bridgehead atoms. The van der Waals surface area contributed by atoms with Gasteiger partial charge in [-0.25, -0.2) is 0 Å². The predicted molar refractivity (Wildman–Crippen MR) is 83.7 cm³/mol. The maximum atomic E-state index is 4.20. The molecule has 2 nitrogen and oxygen atoms in total. The van der Waals surface area contributed by atoms with Gasteiger partial charge < -0.3 is 5.32 Å². The van der Waals surface area contributed by atoms with Crippen molar-refractivity contribution in [3.8, 4) is 0 Å². The molecule has 2 aliphatic carbocycles. The van der Waals surface area contributed by atoms with Gasteiger partial charge in [0.05, 0.1) is 0 Å². The number of pyridine rings is 1. The molecule has 102 valence electrons. The van der Waals surface area contributed by atoms with Crippen molar-refractivity contribution < 1.29 is 0 Å². The molecule has 2 heteroatoms. The molecule has 1 fully saturated rings. The number of anilines is 1. The number of fused-ring (bicyclic) bond motifs is 3. The van der Waals surface area contributed by atoms with Crippen LogP contribution in [0.25, 0.3) is 10.8 Å². The molecule has 0 spiro atoms. The van der Waals surface area contributed by atoms with Crippen molar-refractivity contribution in [2.75, 3.05) is 5.32 Å². The molecule has 0 radical (unpaired) electrons. The second-order valence-electron chi connectivity index (χ2n) is 6.28. The highest BCUT2D eigenvalue weighted by Gasteiger charge is 2.38. The number of aromatic nitrogens is 1. The monoisotopic (exact) mass is 264 g/mol. The number of nitrogens with one attached hydrogen (secondary N) is 1. The molecule has 2 aliphatic rings. The number of nitrogens with zero attached hydrogens (tertiary/aromatic N) is 1. The Balaban J connectivity index is 1.60. The zero-order valence-corrected chi connectivity index (χ0v) is 11.8. The summed E-state index contributed by atoms with van der Waals surface area (Å²) < 4.78 is 0. The lowest BCUT2D eigenvalue weighted by molar-refractivity contribution is 0.400. The van der Waals surface area contributed by atoms with E-state index in [0.29, 0.717) is 6.04 Å². The molecule has 0 saturated heterocycles. The van der Waals surface area contributed by atoms with Gasteiger partial charge in [0.1, 0.15) is 0 Å². The van der Waals surface area contributed by atoms with Crippen LogP contribution in [0.1, 0.15) is 19.8 Å². The van der Waals surface area contributed by atoms with E-state index in [0.717, 1.165) is 17.8 Å². The number of hydrogen-bond acceptors (Lipinski definition) is 2. The third-order valence-electron chi connectivity index (χ3n) is 5.04. The highest BCUT2D eigenvalue weighted by atomic mass is 14.9. The predicted octanol–water partition coefficient (Wildman–Crippen LogP) is 4.25. The van der Waals surface area contributed by atoms with Crippen molar-refractivity contribution in [1.29, 1.82) is 0 Å². The standard InChI is InChI=1S/C18H20N2/c1-12(17-10-13-5-6-14(17)9-13)20-18-4-2-3-15-11-19-8-7-16(15)18/h2-8,11-14,17,20H,9-10H2,1H3. The molecule has 1 heterocycles. The van der Waals surface area contributed by atoms with Crippen molar-refractivity contribution in [3.05, 3.63) is 48.8 Å². The van der Waals surface area contributed by atoms with Gasteiger partial charge in [0.2, 0.25) is 0 Å². The maximum Gasteiger partial charge on any atom is 0.0423 e. The Morgan fingerprint density at radius 3 is 2.95 bits per heavy atom. The fourth-order valence-corrected chi connectivity index (χ4v) is 4.00. The van der Waals surface area contributed by atoms with E-state index in [1.54, 1.807) is 0 Å². The highest BCUT2D eigenvalue weighted by Crippen LogP contribution is 2.45. The fraction of sp³-hybridized carbons (Fsp3) is 0.389. The molecule has 0 aliphatic heterocycles. The van der Waals surface area contributed by atoms with Gasteiger partial charge in [0, 0.05) is 34.9 Å². The van der Waals surface area contributed by atoms with E-state index in [4.69, 9.17) is 0 Å². The lowest BCUT2D eigenvalue weighted by Crippen LogP contribution is -2.28. The van der Waals surface area contributed by atoms with Gasteiger partial charge in [-0.1, -0.05) is 24.3 Å². The average Bonchev–Trinajstić information content (AvgIpc) is 3.10. The molecular weight excluding hydrogens is 244 g/mol. The van der Waals surface area contributed by atoms with Crippen molar-refractivity contribution in [1.82, 2.24) is 4.98 Å². The third-order valence-corrected chi connectivity index (χ3v) is 5.04. The van der Waals surface area contributed by atoms with E-state index in [2.05, 4.69) is 53.6 Å². The highest BCUT2D eigenvalue weighted by molar-refractivity contribution is 5.93. The Kier molecular flexibility index (Phi) is 2.76. The number of benzene rings is 1. The van der Waals surface area contributed by atoms with Crippen LogP contribution in [0, 0.1) is 17.8 Å². The Hall–Kier alpha value is -1.83. The lowest BCUT2D eigenvalue weighted by Gasteiger charge is -2.27. The Morgan fingerprint density at radius 1 is 1.20 bits per heavy atom. The first-order valence-electron chi connectivity index (χ1n) is 7.59. The van der Waals surface area contributed by atoms with E-state index in [9.17, 15) is 0 Å². The van der Waals surface area contributed by atoms with Crippen LogP contribution >= 0.6 is 0 Å². The Labute approximate surface area is 119 Å². The Bertz CT molecular complexity index is 656. The molecule has 4 rings (SSSR count). The molecule has 4 atom stereocenters. The zero-order valence-electron chi connectivity index (χ0n) is 11.8. The fourth-order valence-electron chi connectivity index (χ4n) is 4.00. The van der Waals surface area contributed by atoms with Gasteiger partial charge >= 0.3 is 0 Å². The van der Waals surface area contributed by atoms with Crippen LogP contribution < -0.4 is 5.32 Å². The second-order valence-corrected chi connectivity index (χ2v) is 6.28. The maximum absolute atomic E-state index is 4.20. The van der Waals surface area contributed by atoms with Crippen LogP contribution in [-0.2, 0) is 0 Å². The first kappa shape index (κ1) is 12.0. The van der Waals surface area contributed by atoms with Crippen LogP contribution in [0.5, 0.6) is 0 Å². The first-order chi connectivity index (χ1) is 9.81. The number of allylic oxidation sites excluding steroid dienone is 2. The summed E-state index contributed by atoms with van der Waals surface area (Å²) >= 11 is 0. The summed E-state index contributed by atoms with van der Waals surface area (Å²) in [5, 5.41) is 6.23. The van der Waals surface area contributed by atoms with E-state index in [1.165, 1.54) is 29.3 Å². The summed E-state index contributed by atoms with van der Waals surface area (Å²) in [6, 6.07) is 9.04. The van der Waals surface area contributed by atoms with Gasteiger partial charge in [-0.15, -0.1) is 0 Å². The van der Waals surface area contributed by atoms with Crippen molar-refractivity contribution in [3.63, 3.8) is 0 Å². The van der Waals surface area contributed by atoms with Gasteiger partial charge in [0.25, 0.3) is 0 Å². The SMILES string of the molecule is CC(Nc1cccc2cnccc12)C1CC2C=CC1C2. The largest absolute Gasteiger partial charge is 0.382 e. The van der Waals surface area contributed by atoms with E-state index in [1.807, 2.05) is 12.4 Å². The molecular formula is C18H20N2. The van der Waals surface area contributed by atoms with Crippen LogP contribution in [0.3, 0.4) is 0 Å². The summed E-state index contributed by atoms with van der Waals surface area (Å²) in [6.07, 6.45) is 11.4. The molecule has 1 saturated carbocycles. The normalized spacial score (nSPS) is 28.9. The van der Waals surface area contributed by atoms with Crippen LogP contribution in [-0.4, -0.2) is 11.0 Å². The third kappa shape index (κ3) is 1.91. The van der Waals surface area contributed by atoms with Crippen LogP contribution in [0.2, 0.25) is 0 Å². The van der Waals surface area contributed by atoms with E-state index >= 15 is 0 Å². The summed E-state index contributed by atoms with van der Waals surface area (Å²) in [5.74, 6) is 2.41. The van der Waals surface area contributed by atoms with Crippen molar-refractivity contribution >= 4 is 16.5 Å². The number of rotatable bonds is 3. The Morgan fingerprint density at radius 2 is 2.15 bits per heavy atom. The summed E-state index contributed by atoms with van der Waals surface area (Å²) in [6.45, 7) is 2.33. The van der Waals surface area contributed by atoms with Crippen molar-refractivity contribution in [2.24, 2.45) is 17.8 Å². The van der Waals surface area contributed by atoms with Gasteiger partial charge in [-0.3, -0.25) is 4.98 Å². The minimum atomic E-state index is 0.522. The van der Waals surface area contributed by atoms with Crippen LogP contribution in [0.15, 0.2) is 48.8 Å². The van der Waals surface area contributed by atoms with Gasteiger partial charge in [-0.05, 0) is 49.7 Å². The van der Waals surface area contributed by atoms with E-state index < -0.39 is 0 Å². The number of hydrogen-bond donors (Lipinski definition) is 1. The van der Waals surface area contributed by atoms with Crippen LogP contribution in [0.4, 0.5) is 5.69 Å². The smallest absolute Gasteiger partial charge is 0.0423 e. The van der Waals surface area contributed by atoms with E-state index in [-0.39, 0.29) is 0 Å². The molecule has 4 unspecified atom stereocenters. The molecule has 0 amide bonds. The second kappa shape index (κ2) is 4.62. The molecule has 1 aromatic carbocycles. The molecule has 1 aromatic heterocycles.